The fraction of sp³-hybridized carbons (Fsp3) is 0.750. The molecule has 0 radical (unpaired) electrons. The van der Waals surface area contributed by atoms with Crippen LogP contribution in [-0.4, -0.2) is 76.0 Å². The molecule has 1 unspecified atom stereocenters. The molecule has 3 rings (SSSR count). The summed E-state index contributed by atoms with van der Waals surface area (Å²) in [5.41, 5.74) is -0.816. The summed E-state index contributed by atoms with van der Waals surface area (Å²) >= 11 is 0. The van der Waals surface area contributed by atoms with E-state index in [1.54, 1.807) is 38.1 Å². The Morgan fingerprint density at radius 3 is 2.23 bits per heavy atom. The second kappa shape index (κ2) is 9.93. The molecule has 2 atom stereocenters. The van der Waals surface area contributed by atoms with E-state index in [1.165, 1.54) is 0 Å². The normalized spacial score (nSPS) is 22.3. The van der Waals surface area contributed by atoms with Crippen molar-refractivity contribution in [3.63, 3.8) is 0 Å². The van der Waals surface area contributed by atoms with Gasteiger partial charge in [0.05, 0.1) is 17.7 Å². The van der Waals surface area contributed by atoms with E-state index in [4.69, 9.17) is 18.8 Å². The number of rotatable bonds is 6. The first-order valence-electron chi connectivity index (χ1n) is 12.2. The summed E-state index contributed by atoms with van der Waals surface area (Å²) in [5.74, 6) is -0.255. The maximum atomic E-state index is 13.1. The number of nitrogens with zero attached hydrogens (tertiary/aromatic N) is 3. The van der Waals surface area contributed by atoms with E-state index in [0.717, 1.165) is 0 Å². The Morgan fingerprint density at radius 1 is 1.14 bits per heavy atom. The van der Waals surface area contributed by atoms with E-state index >= 15 is 0 Å². The van der Waals surface area contributed by atoms with Crippen molar-refractivity contribution in [2.75, 3.05) is 13.1 Å². The molecule has 10 nitrogen and oxygen atoms in total. The van der Waals surface area contributed by atoms with Crippen LogP contribution in [0.1, 0.15) is 68.7 Å². The number of ether oxygens (including phenoxy) is 2. The molecule has 2 aliphatic heterocycles. The largest absolute Gasteiger partial charge is 0.498 e. The van der Waals surface area contributed by atoms with E-state index in [1.807, 2.05) is 41.5 Å². The fourth-order valence-corrected chi connectivity index (χ4v) is 3.81. The van der Waals surface area contributed by atoms with Gasteiger partial charge in [-0.3, -0.25) is 4.79 Å². The summed E-state index contributed by atoms with van der Waals surface area (Å²) in [7, 11) is -0.543. The van der Waals surface area contributed by atoms with Crippen LogP contribution >= 0.6 is 0 Å². The lowest BCUT2D eigenvalue weighted by molar-refractivity contribution is -0.133. The van der Waals surface area contributed by atoms with Gasteiger partial charge in [-0.05, 0) is 54.4 Å². The summed E-state index contributed by atoms with van der Waals surface area (Å²) in [5, 5.41) is 2.72. The zero-order valence-corrected chi connectivity index (χ0v) is 22.4. The highest BCUT2D eigenvalue weighted by atomic mass is 16.7. The van der Waals surface area contributed by atoms with Gasteiger partial charge in [-0.15, -0.1) is 0 Å². The number of aromatic nitrogens is 2. The molecule has 0 saturated carbocycles. The van der Waals surface area contributed by atoms with Gasteiger partial charge in [-0.2, -0.15) is 0 Å². The van der Waals surface area contributed by atoms with Crippen LogP contribution in [-0.2, 0) is 18.8 Å². The summed E-state index contributed by atoms with van der Waals surface area (Å²) in [4.78, 5) is 35.7. The summed E-state index contributed by atoms with van der Waals surface area (Å²) in [6, 6.07) is -0.448. The Balaban J connectivity index is 1.55. The molecule has 3 heterocycles. The van der Waals surface area contributed by atoms with Gasteiger partial charge >= 0.3 is 19.2 Å². The third-order valence-corrected chi connectivity index (χ3v) is 6.51. The van der Waals surface area contributed by atoms with E-state index in [9.17, 15) is 9.59 Å². The molecule has 11 heteroatoms. The molecule has 35 heavy (non-hydrogen) atoms. The van der Waals surface area contributed by atoms with Crippen LogP contribution in [0.2, 0.25) is 0 Å². The molecular weight excluding hydrogens is 451 g/mol. The molecule has 1 aromatic rings. The van der Waals surface area contributed by atoms with Crippen LogP contribution in [0, 0.1) is 5.92 Å². The zero-order valence-electron chi connectivity index (χ0n) is 22.4. The number of carbonyl (C=O) groups excluding carboxylic acids is 2. The average Bonchev–Trinajstić information content (AvgIpc) is 3.26. The van der Waals surface area contributed by atoms with Crippen molar-refractivity contribution >= 4 is 24.6 Å². The molecule has 1 N–H and O–H groups in total. The molecule has 0 aliphatic carbocycles. The summed E-state index contributed by atoms with van der Waals surface area (Å²) in [6.45, 7) is 18.0. The highest BCUT2D eigenvalue weighted by Crippen LogP contribution is 2.36. The van der Waals surface area contributed by atoms with Crippen LogP contribution in [0.4, 0.5) is 4.79 Å². The molecule has 194 valence electrons. The third-order valence-electron chi connectivity index (χ3n) is 6.51. The van der Waals surface area contributed by atoms with Gasteiger partial charge in [0.2, 0.25) is 5.91 Å². The van der Waals surface area contributed by atoms with Gasteiger partial charge in [0, 0.05) is 30.8 Å². The molecule has 2 saturated heterocycles. The number of hydrogen-bond donors (Lipinski definition) is 1. The maximum absolute atomic E-state index is 13.1. The minimum atomic E-state index is -0.681. The van der Waals surface area contributed by atoms with Gasteiger partial charge in [0.1, 0.15) is 17.7 Å². The van der Waals surface area contributed by atoms with Crippen LogP contribution < -0.4 is 15.5 Å². The molecule has 0 spiro atoms. The predicted molar refractivity (Wildman–Crippen MR) is 131 cm³/mol. The Bertz CT molecular complexity index is 900. The van der Waals surface area contributed by atoms with Crippen LogP contribution in [0.5, 0.6) is 6.01 Å². The Hall–Kier alpha value is -2.40. The monoisotopic (exact) mass is 490 g/mol. The first-order valence-corrected chi connectivity index (χ1v) is 12.2. The number of likely N-dealkylation sites (tertiary alicyclic amines) is 1. The maximum Gasteiger partial charge on any atom is 0.498 e. The van der Waals surface area contributed by atoms with Gasteiger partial charge < -0.3 is 29.0 Å². The Labute approximate surface area is 208 Å². The second-order valence-electron chi connectivity index (χ2n) is 11.6. The lowest BCUT2D eigenvalue weighted by Gasteiger charge is -2.32. The van der Waals surface area contributed by atoms with Crippen molar-refractivity contribution in [1.82, 2.24) is 20.2 Å². The van der Waals surface area contributed by atoms with Crippen molar-refractivity contribution < 1.29 is 28.4 Å². The quantitative estimate of drug-likeness (QED) is 0.605. The Morgan fingerprint density at radius 2 is 1.71 bits per heavy atom. The van der Waals surface area contributed by atoms with Crippen LogP contribution in [0.3, 0.4) is 0 Å². The molecule has 2 fully saturated rings. The SMILES string of the molecule is CC(C)C(NC(=O)OC(C)(C)C)C(=O)N1CC[C@@H](Oc2ncc(B3OC(C)(C)C(C)(C)O3)cn2)C1. The predicted octanol–water partition coefficient (Wildman–Crippen LogP) is 2.30. The molecule has 0 bridgehead atoms. The van der Waals surface area contributed by atoms with Crippen molar-refractivity contribution in [2.24, 2.45) is 5.92 Å². The molecule has 2 aliphatic rings. The standard InChI is InChI=1S/C24H39BN4O6/c1-15(2)18(28-21(31)33-22(3,4)5)19(30)29-11-10-17(14-29)32-20-26-12-16(13-27-20)25-34-23(6,7)24(8,9)35-25/h12-13,15,17-18H,10-11,14H2,1-9H3,(H,28,31)/t17-,18?/m1/s1. The topological polar surface area (TPSA) is 112 Å². The molecule has 2 amide bonds. The zero-order chi connectivity index (χ0) is 26.2. The fourth-order valence-electron chi connectivity index (χ4n) is 3.81. The van der Waals surface area contributed by atoms with Crippen LogP contribution in [0.15, 0.2) is 12.4 Å². The van der Waals surface area contributed by atoms with Gasteiger partial charge in [-0.1, -0.05) is 13.8 Å². The van der Waals surface area contributed by atoms with E-state index in [0.29, 0.717) is 25.0 Å². The first kappa shape index (κ1) is 27.2. The van der Waals surface area contributed by atoms with Crippen molar-refractivity contribution in [3.8, 4) is 6.01 Å². The first-order chi connectivity index (χ1) is 16.1. The molecule has 1 aromatic heterocycles. The van der Waals surface area contributed by atoms with E-state index < -0.39 is 36.1 Å². The number of alkyl carbamates (subject to hydrolysis) is 1. The number of hydrogen-bond acceptors (Lipinski definition) is 8. The van der Waals surface area contributed by atoms with Crippen molar-refractivity contribution in [1.29, 1.82) is 0 Å². The lowest BCUT2D eigenvalue weighted by Crippen LogP contribution is -2.51. The summed E-state index contributed by atoms with van der Waals surface area (Å²) in [6.07, 6.45) is 3.08. The van der Waals surface area contributed by atoms with Gasteiger partial charge in [-0.25, -0.2) is 14.8 Å². The Kier molecular flexibility index (Phi) is 7.71. The summed E-state index contributed by atoms with van der Waals surface area (Å²) < 4.78 is 23.3. The van der Waals surface area contributed by atoms with Gasteiger partial charge in [0.25, 0.3) is 0 Å². The number of carbonyl (C=O) groups is 2. The molecule has 0 aromatic carbocycles. The smallest absolute Gasteiger partial charge is 0.458 e. The van der Waals surface area contributed by atoms with Crippen LogP contribution in [0.25, 0.3) is 0 Å². The van der Waals surface area contributed by atoms with Crippen molar-refractivity contribution in [2.45, 2.75) is 97.7 Å². The highest BCUT2D eigenvalue weighted by Gasteiger charge is 2.52. The molecular formula is C24H39BN4O6. The van der Waals surface area contributed by atoms with Crippen molar-refractivity contribution in [3.05, 3.63) is 12.4 Å². The lowest BCUT2D eigenvalue weighted by atomic mass is 9.81. The third kappa shape index (κ3) is 6.64. The highest BCUT2D eigenvalue weighted by molar-refractivity contribution is 6.61. The second-order valence-corrected chi connectivity index (χ2v) is 11.6. The average molecular weight is 490 g/mol. The minimum absolute atomic E-state index is 0.0964. The minimum Gasteiger partial charge on any atom is -0.458 e. The van der Waals surface area contributed by atoms with Gasteiger partial charge in [0.15, 0.2) is 0 Å². The van der Waals surface area contributed by atoms with E-state index in [2.05, 4.69) is 15.3 Å². The number of nitrogens with one attached hydrogen (secondary N) is 1. The number of amides is 2. The van der Waals surface area contributed by atoms with E-state index in [-0.39, 0.29) is 23.9 Å².